The maximum atomic E-state index is 12.9. The van der Waals surface area contributed by atoms with Gasteiger partial charge in [0.1, 0.15) is 5.75 Å². The first-order valence-corrected chi connectivity index (χ1v) is 10.3. The van der Waals surface area contributed by atoms with Crippen LogP contribution in [0.4, 0.5) is 5.69 Å². The summed E-state index contributed by atoms with van der Waals surface area (Å²) in [6.07, 6.45) is 2.75. The summed E-state index contributed by atoms with van der Waals surface area (Å²) in [6, 6.07) is 9.59. The van der Waals surface area contributed by atoms with E-state index in [1.54, 1.807) is 24.3 Å². The van der Waals surface area contributed by atoms with Gasteiger partial charge in [0.05, 0.1) is 36.9 Å². The van der Waals surface area contributed by atoms with Gasteiger partial charge in [0.2, 0.25) is 21.8 Å². The van der Waals surface area contributed by atoms with Gasteiger partial charge in [0.15, 0.2) is 0 Å². The standard InChI is InChI=1S/C19H23N3O5S/c1-26-16-6-8-17(9-7-16)28(24,25)22-11-3-4-14(13-22)19(23)21-15-5-10-18(27-2)20-12-15/h5-10,12,14H,3-4,11,13H2,1-2H3,(H,21,23)/t14-/m0/s1. The van der Waals surface area contributed by atoms with Crippen molar-refractivity contribution in [3.63, 3.8) is 0 Å². The normalized spacial score (nSPS) is 17.7. The van der Waals surface area contributed by atoms with E-state index in [0.29, 0.717) is 36.7 Å². The van der Waals surface area contributed by atoms with Gasteiger partial charge >= 0.3 is 0 Å². The third-order valence-electron chi connectivity index (χ3n) is 4.67. The second-order valence-corrected chi connectivity index (χ2v) is 8.39. The van der Waals surface area contributed by atoms with E-state index in [1.165, 1.54) is 36.9 Å². The van der Waals surface area contributed by atoms with Crippen LogP contribution in [0.5, 0.6) is 11.6 Å². The SMILES string of the molecule is COc1ccc(S(=O)(=O)N2CCC[C@H](C(=O)Nc3ccc(OC)nc3)C2)cc1. The number of methoxy groups -OCH3 is 2. The van der Waals surface area contributed by atoms with Crippen LogP contribution in [-0.2, 0) is 14.8 Å². The Kier molecular flexibility index (Phi) is 6.15. The number of sulfonamides is 1. The Morgan fingerprint density at radius 2 is 1.89 bits per heavy atom. The number of amides is 1. The minimum atomic E-state index is -3.67. The maximum absolute atomic E-state index is 12.9. The van der Waals surface area contributed by atoms with Crippen molar-refractivity contribution in [2.24, 2.45) is 5.92 Å². The molecule has 1 aliphatic rings. The molecule has 8 nitrogen and oxygen atoms in total. The minimum absolute atomic E-state index is 0.143. The summed E-state index contributed by atoms with van der Waals surface area (Å²) in [5.74, 6) is 0.390. The van der Waals surface area contributed by atoms with Crippen molar-refractivity contribution in [2.75, 3.05) is 32.6 Å². The van der Waals surface area contributed by atoms with Crippen LogP contribution in [0.25, 0.3) is 0 Å². The van der Waals surface area contributed by atoms with Crippen molar-refractivity contribution < 1.29 is 22.7 Å². The summed E-state index contributed by atoms with van der Waals surface area (Å²) in [4.78, 5) is 16.8. The van der Waals surface area contributed by atoms with E-state index in [-0.39, 0.29) is 17.3 Å². The fourth-order valence-corrected chi connectivity index (χ4v) is 4.61. The Hall–Kier alpha value is -2.65. The molecule has 0 aliphatic carbocycles. The molecule has 1 saturated heterocycles. The number of ether oxygens (including phenoxy) is 2. The topological polar surface area (TPSA) is 97.8 Å². The molecule has 0 bridgehead atoms. The Balaban J connectivity index is 1.68. The third-order valence-corrected chi connectivity index (χ3v) is 6.54. The number of hydrogen-bond acceptors (Lipinski definition) is 6. The molecule has 0 radical (unpaired) electrons. The van der Waals surface area contributed by atoms with Crippen LogP contribution in [0.1, 0.15) is 12.8 Å². The lowest BCUT2D eigenvalue weighted by Crippen LogP contribution is -2.43. The summed E-state index contributed by atoms with van der Waals surface area (Å²) in [5.41, 5.74) is 0.543. The van der Waals surface area contributed by atoms with Gasteiger partial charge in [-0.3, -0.25) is 4.79 Å². The fraction of sp³-hybridized carbons (Fsp3) is 0.368. The highest BCUT2D eigenvalue weighted by Crippen LogP contribution is 2.26. The lowest BCUT2D eigenvalue weighted by Gasteiger charge is -2.31. The molecule has 0 spiro atoms. The number of pyridine rings is 1. The van der Waals surface area contributed by atoms with Crippen LogP contribution >= 0.6 is 0 Å². The third kappa shape index (κ3) is 4.42. The quantitative estimate of drug-likeness (QED) is 0.791. The number of piperidine rings is 1. The molecule has 1 aliphatic heterocycles. The summed E-state index contributed by atoms with van der Waals surface area (Å²) >= 11 is 0. The second kappa shape index (κ2) is 8.57. The predicted octanol–water partition coefficient (Wildman–Crippen LogP) is 2.14. The summed E-state index contributed by atoms with van der Waals surface area (Å²) < 4.78 is 37.3. The lowest BCUT2D eigenvalue weighted by molar-refractivity contribution is -0.120. The van der Waals surface area contributed by atoms with E-state index in [4.69, 9.17) is 9.47 Å². The summed E-state index contributed by atoms with van der Waals surface area (Å²) in [6.45, 7) is 0.534. The van der Waals surface area contributed by atoms with Gasteiger partial charge in [-0.15, -0.1) is 0 Å². The number of aromatic nitrogens is 1. The molecule has 0 saturated carbocycles. The van der Waals surface area contributed by atoms with Gasteiger partial charge in [0, 0.05) is 19.2 Å². The van der Waals surface area contributed by atoms with E-state index in [2.05, 4.69) is 10.3 Å². The maximum Gasteiger partial charge on any atom is 0.243 e. The molecule has 1 aromatic heterocycles. The molecule has 1 aromatic carbocycles. The highest BCUT2D eigenvalue weighted by Gasteiger charge is 2.33. The molecule has 0 unspecified atom stereocenters. The van der Waals surface area contributed by atoms with Gasteiger partial charge in [-0.2, -0.15) is 4.31 Å². The zero-order chi connectivity index (χ0) is 20.1. The molecule has 1 N–H and O–H groups in total. The molecular formula is C19H23N3O5S. The molecule has 1 fully saturated rings. The van der Waals surface area contributed by atoms with Crippen molar-refractivity contribution in [3.05, 3.63) is 42.6 Å². The molecule has 1 atom stereocenters. The smallest absolute Gasteiger partial charge is 0.243 e. The Labute approximate surface area is 164 Å². The van der Waals surface area contributed by atoms with Crippen molar-refractivity contribution in [1.29, 1.82) is 0 Å². The number of anilines is 1. The number of benzene rings is 1. The van der Waals surface area contributed by atoms with E-state index in [9.17, 15) is 13.2 Å². The zero-order valence-corrected chi connectivity index (χ0v) is 16.6. The van der Waals surface area contributed by atoms with Crippen molar-refractivity contribution in [2.45, 2.75) is 17.7 Å². The molecule has 3 rings (SSSR count). The Bertz CT molecular complexity index is 914. The predicted molar refractivity (Wildman–Crippen MR) is 104 cm³/mol. The van der Waals surface area contributed by atoms with E-state index in [1.807, 2.05) is 0 Å². The van der Waals surface area contributed by atoms with Gasteiger partial charge < -0.3 is 14.8 Å². The van der Waals surface area contributed by atoms with Crippen molar-refractivity contribution >= 4 is 21.6 Å². The number of hydrogen-bond donors (Lipinski definition) is 1. The largest absolute Gasteiger partial charge is 0.497 e. The van der Waals surface area contributed by atoms with E-state index < -0.39 is 15.9 Å². The highest BCUT2D eigenvalue weighted by atomic mass is 32.2. The second-order valence-electron chi connectivity index (χ2n) is 6.46. The molecule has 1 amide bonds. The number of carbonyl (C=O) groups is 1. The van der Waals surface area contributed by atoms with Crippen LogP contribution in [-0.4, -0.2) is 50.9 Å². The van der Waals surface area contributed by atoms with Crippen LogP contribution < -0.4 is 14.8 Å². The summed E-state index contributed by atoms with van der Waals surface area (Å²) in [5, 5.41) is 2.79. The Morgan fingerprint density at radius 3 is 2.50 bits per heavy atom. The average Bonchev–Trinajstić information content (AvgIpc) is 2.74. The zero-order valence-electron chi connectivity index (χ0n) is 15.8. The minimum Gasteiger partial charge on any atom is -0.497 e. The van der Waals surface area contributed by atoms with Crippen LogP contribution in [0.2, 0.25) is 0 Å². The number of nitrogens with zero attached hydrogens (tertiary/aromatic N) is 2. The van der Waals surface area contributed by atoms with Crippen molar-refractivity contribution in [3.8, 4) is 11.6 Å². The van der Waals surface area contributed by atoms with E-state index >= 15 is 0 Å². The Morgan fingerprint density at radius 1 is 1.14 bits per heavy atom. The van der Waals surface area contributed by atoms with Gasteiger partial charge in [-0.1, -0.05) is 0 Å². The van der Waals surface area contributed by atoms with Crippen LogP contribution in [0.15, 0.2) is 47.5 Å². The molecule has 2 aromatic rings. The lowest BCUT2D eigenvalue weighted by atomic mass is 9.99. The average molecular weight is 405 g/mol. The number of rotatable bonds is 6. The van der Waals surface area contributed by atoms with E-state index in [0.717, 1.165) is 0 Å². The molecule has 150 valence electrons. The number of carbonyl (C=O) groups excluding carboxylic acids is 1. The first-order chi connectivity index (χ1) is 13.4. The summed E-state index contributed by atoms with van der Waals surface area (Å²) in [7, 11) is -0.629. The molecule has 28 heavy (non-hydrogen) atoms. The number of nitrogens with one attached hydrogen (secondary N) is 1. The van der Waals surface area contributed by atoms with Crippen molar-refractivity contribution in [1.82, 2.24) is 9.29 Å². The monoisotopic (exact) mass is 405 g/mol. The highest BCUT2D eigenvalue weighted by molar-refractivity contribution is 7.89. The van der Waals surface area contributed by atoms with Crippen LogP contribution in [0, 0.1) is 5.92 Å². The van der Waals surface area contributed by atoms with Crippen LogP contribution in [0.3, 0.4) is 0 Å². The molecular weight excluding hydrogens is 382 g/mol. The first kappa shape index (κ1) is 20.1. The molecule has 2 heterocycles. The van der Waals surface area contributed by atoms with Gasteiger partial charge in [0.25, 0.3) is 0 Å². The fourth-order valence-electron chi connectivity index (χ4n) is 3.09. The first-order valence-electron chi connectivity index (χ1n) is 8.89. The molecule has 9 heteroatoms. The van der Waals surface area contributed by atoms with Gasteiger partial charge in [-0.05, 0) is 43.2 Å². The van der Waals surface area contributed by atoms with Gasteiger partial charge in [-0.25, -0.2) is 13.4 Å².